The van der Waals surface area contributed by atoms with E-state index in [0.717, 1.165) is 32.2 Å². The molecular formula is C23H19BrN2O3S. The maximum Gasteiger partial charge on any atom is 0.266 e. The number of hydrogen-bond acceptors (Lipinski definition) is 5. The van der Waals surface area contributed by atoms with Crippen molar-refractivity contribution in [3.05, 3.63) is 69.5 Å². The number of likely N-dealkylation sites (N-methyl/N-ethyl adjacent to an activating group) is 1. The van der Waals surface area contributed by atoms with Gasteiger partial charge in [-0.1, -0.05) is 28.1 Å². The summed E-state index contributed by atoms with van der Waals surface area (Å²) in [5.41, 5.74) is 1.62. The average Bonchev–Trinajstić information content (AvgIpc) is 3.03. The van der Waals surface area contributed by atoms with Gasteiger partial charge in [0.1, 0.15) is 11.5 Å². The molecule has 0 spiro atoms. The van der Waals surface area contributed by atoms with E-state index < -0.39 is 0 Å². The van der Waals surface area contributed by atoms with E-state index in [4.69, 9.17) is 9.47 Å². The number of hydrogen-bond donors (Lipinski definition) is 0. The number of rotatable bonds is 4. The van der Waals surface area contributed by atoms with Crippen LogP contribution in [0, 0.1) is 0 Å². The maximum absolute atomic E-state index is 12.9. The Labute approximate surface area is 187 Å². The molecule has 0 N–H and O–H groups in total. The lowest BCUT2D eigenvalue weighted by atomic mass is 10.0. The monoisotopic (exact) mass is 482 g/mol. The highest BCUT2D eigenvalue weighted by Crippen LogP contribution is 2.38. The molecule has 0 atom stereocenters. The molecule has 0 radical (unpaired) electrons. The molecule has 1 heterocycles. The Morgan fingerprint density at radius 3 is 2.47 bits per heavy atom. The zero-order valence-corrected chi connectivity index (χ0v) is 19.1. The number of halogens is 1. The van der Waals surface area contributed by atoms with Crippen LogP contribution in [0.15, 0.2) is 69.0 Å². The molecule has 30 heavy (non-hydrogen) atoms. The van der Waals surface area contributed by atoms with Crippen LogP contribution in [0.5, 0.6) is 11.5 Å². The highest BCUT2D eigenvalue weighted by atomic mass is 79.9. The quantitative estimate of drug-likeness (QED) is 0.437. The Hall–Kier alpha value is -2.77. The number of carbonyl (C=O) groups excluding carboxylic acids is 1. The number of thioether (sulfide) groups is 1. The molecule has 5 nitrogen and oxygen atoms in total. The van der Waals surface area contributed by atoms with Crippen molar-refractivity contribution in [1.29, 1.82) is 0 Å². The summed E-state index contributed by atoms with van der Waals surface area (Å²) in [6.07, 6.45) is 1.87. The van der Waals surface area contributed by atoms with Gasteiger partial charge < -0.3 is 9.47 Å². The van der Waals surface area contributed by atoms with Gasteiger partial charge in [-0.05, 0) is 71.1 Å². The third kappa shape index (κ3) is 3.95. The third-order valence-electron chi connectivity index (χ3n) is 4.78. The first-order valence-corrected chi connectivity index (χ1v) is 10.8. The number of amides is 1. The summed E-state index contributed by atoms with van der Waals surface area (Å²) in [6, 6.07) is 17.4. The van der Waals surface area contributed by atoms with Gasteiger partial charge in [-0.2, -0.15) is 0 Å². The van der Waals surface area contributed by atoms with Crippen molar-refractivity contribution in [2.75, 3.05) is 21.3 Å². The van der Waals surface area contributed by atoms with Gasteiger partial charge in [0.15, 0.2) is 5.17 Å². The van der Waals surface area contributed by atoms with Crippen molar-refractivity contribution in [1.82, 2.24) is 4.90 Å². The minimum Gasteiger partial charge on any atom is -0.497 e. The number of benzene rings is 3. The highest BCUT2D eigenvalue weighted by Gasteiger charge is 2.31. The summed E-state index contributed by atoms with van der Waals surface area (Å²) >= 11 is 4.77. The Kier molecular flexibility index (Phi) is 5.83. The number of methoxy groups -OCH3 is 2. The SMILES string of the molecule is COc1ccc2ccc(OC)c(/C=C3\SC(=Nc4ccc(Br)cc4)N(C)C3=O)c2c1. The van der Waals surface area contributed by atoms with Gasteiger partial charge in [-0.15, -0.1) is 0 Å². The molecule has 1 saturated heterocycles. The van der Waals surface area contributed by atoms with Gasteiger partial charge in [-0.3, -0.25) is 9.69 Å². The fourth-order valence-electron chi connectivity index (χ4n) is 3.16. The van der Waals surface area contributed by atoms with Gasteiger partial charge in [0.05, 0.1) is 24.8 Å². The Morgan fingerprint density at radius 1 is 1.03 bits per heavy atom. The van der Waals surface area contributed by atoms with Gasteiger partial charge in [0.2, 0.25) is 0 Å². The predicted molar refractivity (Wildman–Crippen MR) is 127 cm³/mol. The second-order valence-electron chi connectivity index (χ2n) is 6.61. The fraction of sp³-hybridized carbons (Fsp3) is 0.130. The first-order chi connectivity index (χ1) is 14.5. The molecule has 0 aromatic heterocycles. The Morgan fingerprint density at radius 2 is 1.77 bits per heavy atom. The van der Waals surface area contributed by atoms with E-state index >= 15 is 0 Å². The van der Waals surface area contributed by atoms with Crippen LogP contribution in [-0.2, 0) is 4.79 Å². The molecule has 3 aromatic carbocycles. The summed E-state index contributed by atoms with van der Waals surface area (Å²) in [6.45, 7) is 0. The molecule has 0 unspecified atom stereocenters. The van der Waals surface area contributed by atoms with E-state index in [1.54, 1.807) is 26.2 Å². The van der Waals surface area contributed by atoms with Crippen LogP contribution in [-0.4, -0.2) is 37.2 Å². The smallest absolute Gasteiger partial charge is 0.266 e. The first kappa shape index (κ1) is 20.5. The third-order valence-corrected chi connectivity index (χ3v) is 6.37. The zero-order chi connectivity index (χ0) is 21.3. The summed E-state index contributed by atoms with van der Waals surface area (Å²) in [5.74, 6) is 1.34. The average molecular weight is 483 g/mol. The zero-order valence-electron chi connectivity index (χ0n) is 16.7. The summed E-state index contributed by atoms with van der Waals surface area (Å²) < 4.78 is 11.9. The van der Waals surface area contributed by atoms with Crippen LogP contribution in [0.25, 0.3) is 16.8 Å². The van der Waals surface area contributed by atoms with E-state index in [9.17, 15) is 4.79 Å². The minimum absolute atomic E-state index is 0.0992. The molecule has 0 aliphatic carbocycles. The van der Waals surface area contributed by atoms with Gasteiger partial charge in [0, 0.05) is 17.1 Å². The van der Waals surface area contributed by atoms with Crippen LogP contribution in [0.1, 0.15) is 5.56 Å². The summed E-state index contributed by atoms with van der Waals surface area (Å²) in [5, 5.41) is 2.62. The van der Waals surface area contributed by atoms with Gasteiger partial charge in [0.25, 0.3) is 5.91 Å². The number of amidine groups is 1. The van der Waals surface area contributed by atoms with Crippen LogP contribution in [0.3, 0.4) is 0 Å². The van der Waals surface area contributed by atoms with Crippen LogP contribution in [0.2, 0.25) is 0 Å². The second-order valence-corrected chi connectivity index (χ2v) is 8.54. The fourth-order valence-corrected chi connectivity index (χ4v) is 4.40. The van der Waals surface area contributed by atoms with Crippen molar-refractivity contribution >= 4 is 61.3 Å². The van der Waals surface area contributed by atoms with E-state index in [1.807, 2.05) is 60.7 Å². The second kappa shape index (κ2) is 8.53. The van der Waals surface area contributed by atoms with E-state index in [2.05, 4.69) is 20.9 Å². The van der Waals surface area contributed by atoms with Crippen LogP contribution < -0.4 is 9.47 Å². The Balaban J connectivity index is 1.78. The number of ether oxygens (including phenoxy) is 2. The summed E-state index contributed by atoms with van der Waals surface area (Å²) in [4.78, 5) is 19.7. The van der Waals surface area contributed by atoms with Crippen molar-refractivity contribution in [3.63, 3.8) is 0 Å². The van der Waals surface area contributed by atoms with Crippen molar-refractivity contribution in [2.24, 2.45) is 4.99 Å². The molecule has 1 fully saturated rings. The number of aliphatic imine (C=N–C) groups is 1. The molecule has 3 aromatic rings. The van der Waals surface area contributed by atoms with E-state index in [0.29, 0.717) is 15.8 Å². The lowest BCUT2D eigenvalue weighted by molar-refractivity contribution is -0.121. The largest absolute Gasteiger partial charge is 0.497 e. The number of fused-ring (bicyclic) bond motifs is 1. The highest BCUT2D eigenvalue weighted by molar-refractivity contribution is 9.10. The molecule has 1 aliphatic heterocycles. The molecule has 4 rings (SSSR count). The molecular weight excluding hydrogens is 464 g/mol. The molecule has 0 bridgehead atoms. The van der Waals surface area contributed by atoms with E-state index in [1.165, 1.54) is 11.8 Å². The maximum atomic E-state index is 12.9. The van der Waals surface area contributed by atoms with Crippen molar-refractivity contribution < 1.29 is 14.3 Å². The molecule has 0 saturated carbocycles. The van der Waals surface area contributed by atoms with E-state index in [-0.39, 0.29) is 5.91 Å². The predicted octanol–water partition coefficient (Wildman–Crippen LogP) is 5.85. The summed E-state index contributed by atoms with van der Waals surface area (Å²) in [7, 11) is 4.99. The van der Waals surface area contributed by atoms with Crippen LogP contribution >= 0.6 is 27.7 Å². The lowest BCUT2D eigenvalue weighted by Gasteiger charge is -2.11. The number of carbonyl (C=O) groups is 1. The lowest BCUT2D eigenvalue weighted by Crippen LogP contribution is -2.23. The molecule has 7 heteroatoms. The number of nitrogens with zero attached hydrogens (tertiary/aromatic N) is 2. The van der Waals surface area contributed by atoms with Crippen molar-refractivity contribution in [2.45, 2.75) is 0 Å². The topological polar surface area (TPSA) is 51.1 Å². The standard InChI is InChI=1S/C23H19BrN2O3S/c1-26-22(27)21(30-23(26)25-16-8-6-15(24)7-9-16)13-19-18-12-17(28-2)10-4-14(18)5-11-20(19)29-3/h4-13H,1-3H3/b21-13-,25-23?. The van der Waals surface area contributed by atoms with Crippen LogP contribution in [0.4, 0.5) is 5.69 Å². The molecule has 1 amide bonds. The van der Waals surface area contributed by atoms with Gasteiger partial charge in [-0.25, -0.2) is 4.99 Å². The minimum atomic E-state index is -0.0992. The first-order valence-electron chi connectivity index (χ1n) is 9.17. The van der Waals surface area contributed by atoms with Gasteiger partial charge >= 0.3 is 0 Å². The Bertz CT molecular complexity index is 1180. The molecule has 1 aliphatic rings. The molecule has 152 valence electrons. The van der Waals surface area contributed by atoms with Crippen molar-refractivity contribution in [3.8, 4) is 11.5 Å². The normalized spacial score (nSPS) is 16.7.